The largest absolute Gasteiger partial charge is 0.245 e. The molecule has 0 radical (unpaired) electrons. The van der Waals surface area contributed by atoms with Crippen LogP contribution in [0.5, 0.6) is 0 Å². The van der Waals surface area contributed by atoms with E-state index in [0.29, 0.717) is 89.6 Å². The molecule has 8 aromatic rings. The third-order valence-corrected chi connectivity index (χ3v) is 8.83. The van der Waals surface area contributed by atoms with Crippen LogP contribution >= 0.6 is 0 Å². The number of benzene rings is 6. The Bertz CT molecular complexity index is 2720. The van der Waals surface area contributed by atoms with Crippen molar-refractivity contribution in [1.82, 2.24) is 19.9 Å². The van der Waals surface area contributed by atoms with Gasteiger partial charge in [0.05, 0.1) is 81.3 Å². The first-order valence-corrected chi connectivity index (χ1v) is 16.2. The van der Waals surface area contributed by atoms with Crippen molar-refractivity contribution in [2.75, 3.05) is 0 Å². The first-order chi connectivity index (χ1) is 25.6. The van der Waals surface area contributed by atoms with Gasteiger partial charge in [-0.1, -0.05) is 97.1 Å². The van der Waals surface area contributed by atoms with Crippen molar-refractivity contribution in [2.24, 2.45) is 0 Å². The topological polar surface area (TPSA) is 108 Å². The van der Waals surface area contributed by atoms with E-state index in [4.69, 9.17) is 33.1 Å². The van der Waals surface area contributed by atoms with E-state index >= 15 is 0 Å². The highest BCUT2D eigenvalue weighted by molar-refractivity contribution is 5.95. The maximum absolute atomic E-state index is 9.98. The molecule has 0 N–H and O–H groups in total. The van der Waals surface area contributed by atoms with Gasteiger partial charge in [0.25, 0.3) is 0 Å². The zero-order valence-corrected chi connectivity index (χ0v) is 27.3. The SMILES string of the molecule is [C-]#[N+]c1ccccc1-c1nc2ccc(-c3ccc4nc(-c5ccccc5C#N)c(-c5ccccc5C#N)nc4c3)cc2nc1-c1ccccc1[N+]#[C-]. The van der Waals surface area contributed by atoms with Crippen LogP contribution in [-0.4, -0.2) is 19.9 Å². The fourth-order valence-electron chi connectivity index (χ4n) is 6.34. The molecule has 0 aliphatic heterocycles. The van der Waals surface area contributed by atoms with Crippen LogP contribution in [0, 0.1) is 35.8 Å². The summed E-state index contributed by atoms with van der Waals surface area (Å²) >= 11 is 0. The van der Waals surface area contributed by atoms with Crippen molar-refractivity contribution in [1.29, 1.82) is 10.5 Å². The van der Waals surface area contributed by atoms with Crippen LogP contribution in [0.3, 0.4) is 0 Å². The molecule has 0 saturated carbocycles. The normalized spacial score (nSPS) is 10.6. The van der Waals surface area contributed by atoms with Crippen molar-refractivity contribution < 1.29 is 0 Å². The van der Waals surface area contributed by atoms with Crippen LogP contribution in [0.15, 0.2) is 133 Å². The number of hydrogen-bond donors (Lipinski definition) is 0. The maximum atomic E-state index is 9.98. The molecule has 0 spiro atoms. The smallest absolute Gasteiger partial charge is 0.196 e. The predicted molar refractivity (Wildman–Crippen MR) is 202 cm³/mol. The standard InChI is InChI=1S/C44H22N8/c1-47-35-17-9-7-15-33(35)43-44(34-16-8-10-18-36(34)48-2)52-40-24-28(20-22-38(40)50-43)27-19-21-37-39(23-27)51-42(32-14-6-4-12-30(32)26-46)41(49-37)31-13-5-3-11-29(31)25-45/h3-24H. The molecule has 0 atom stereocenters. The summed E-state index contributed by atoms with van der Waals surface area (Å²) in [6.45, 7) is 15.6. The van der Waals surface area contributed by atoms with Crippen molar-refractivity contribution >= 4 is 33.4 Å². The van der Waals surface area contributed by atoms with Crippen molar-refractivity contribution in [3.8, 4) is 68.3 Å². The van der Waals surface area contributed by atoms with Crippen LogP contribution in [0.4, 0.5) is 11.4 Å². The third-order valence-electron chi connectivity index (χ3n) is 8.83. The Kier molecular flexibility index (Phi) is 7.88. The summed E-state index contributed by atoms with van der Waals surface area (Å²) in [6.07, 6.45) is 0. The Morgan fingerprint density at radius 3 is 1.15 bits per heavy atom. The van der Waals surface area contributed by atoms with Crippen LogP contribution < -0.4 is 0 Å². The Labute approximate surface area is 298 Å². The Balaban J connectivity index is 1.32. The van der Waals surface area contributed by atoms with Crippen LogP contribution in [0.25, 0.3) is 87.9 Å². The lowest BCUT2D eigenvalue weighted by Crippen LogP contribution is -1.99. The van der Waals surface area contributed by atoms with Crippen molar-refractivity contribution in [3.05, 3.63) is 167 Å². The number of hydrogen-bond acceptors (Lipinski definition) is 6. The Morgan fingerprint density at radius 2 is 0.750 bits per heavy atom. The number of nitriles is 2. The summed E-state index contributed by atoms with van der Waals surface area (Å²) in [5, 5.41) is 19.9. The highest BCUT2D eigenvalue weighted by Gasteiger charge is 2.20. The summed E-state index contributed by atoms with van der Waals surface area (Å²) in [7, 11) is 0. The maximum Gasteiger partial charge on any atom is 0.196 e. The molecule has 0 saturated heterocycles. The van der Waals surface area contributed by atoms with E-state index in [2.05, 4.69) is 21.8 Å². The van der Waals surface area contributed by atoms with Crippen LogP contribution in [-0.2, 0) is 0 Å². The minimum absolute atomic E-state index is 0.437. The minimum Gasteiger partial charge on any atom is -0.245 e. The molecular formula is C44H22N8. The lowest BCUT2D eigenvalue weighted by atomic mass is 9.97. The minimum atomic E-state index is 0.437. The Hall–Kier alpha value is -8.04. The van der Waals surface area contributed by atoms with Gasteiger partial charge in [-0.3, -0.25) is 0 Å². The zero-order chi connectivity index (χ0) is 35.6. The number of nitrogens with zero attached hydrogens (tertiary/aromatic N) is 8. The molecule has 52 heavy (non-hydrogen) atoms. The predicted octanol–water partition coefficient (Wildman–Crippen LogP) is 10.8. The van der Waals surface area contributed by atoms with Crippen molar-refractivity contribution in [2.45, 2.75) is 0 Å². The number of para-hydroxylation sites is 2. The van der Waals surface area contributed by atoms with Gasteiger partial charge in [0, 0.05) is 22.3 Å². The molecule has 0 bridgehead atoms. The van der Waals surface area contributed by atoms with Gasteiger partial charge in [-0.2, -0.15) is 10.5 Å². The van der Waals surface area contributed by atoms with E-state index < -0.39 is 0 Å². The van der Waals surface area contributed by atoms with Gasteiger partial charge < -0.3 is 0 Å². The summed E-state index contributed by atoms with van der Waals surface area (Å²) in [4.78, 5) is 27.7. The molecule has 0 aliphatic rings. The lowest BCUT2D eigenvalue weighted by molar-refractivity contribution is 1.28. The molecule has 0 amide bonds. The van der Waals surface area contributed by atoms with Gasteiger partial charge in [0.2, 0.25) is 0 Å². The summed E-state index contributed by atoms with van der Waals surface area (Å²) in [6, 6.07) is 45.2. The highest BCUT2D eigenvalue weighted by Crippen LogP contribution is 2.40. The third kappa shape index (κ3) is 5.42. The van der Waals surface area contributed by atoms with Crippen molar-refractivity contribution in [3.63, 3.8) is 0 Å². The van der Waals surface area contributed by atoms with Gasteiger partial charge in [-0.25, -0.2) is 29.6 Å². The van der Waals surface area contributed by atoms with Gasteiger partial charge in [0.15, 0.2) is 11.4 Å². The monoisotopic (exact) mass is 662 g/mol. The van der Waals surface area contributed by atoms with E-state index in [1.807, 2.05) is 97.1 Å². The summed E-state index contributed by atoms with van der Waals surface area (Å²) in [5.74, 6) is 0. The molecule has 0 unspecified atom stereocenters. The van der Waals surface area contributed by atoms with E-state index in [-0.39, 0.29) is 0 Å². The molecule has 2 aromatic heterocycles. The molecule has 2 heterocycles. The Morgan fingerprint density at radius 1 is 0.404 bits per heavy atom. The average Bonchev–Trinajstić information content (AvgIpc) is 3.22. The molecular weight excluding hydrogens is 641 g/mol. The molecule has 6 aromatic carbocycles. The van der Waals surface area contributed by atoms with Gasteiger partial charge in [-0.15, -0.1) is 0 Å². The molecule has 8 rings (SSSR count). The van der Waals surface area contributed by atoms with Gasteiger partial charge >= 0.3 is 0 Å². The quantitative estimate of drug-likeness (QED) is 0.170. The molecule has 0 aliphatic carbocycles. The fraction of sp³-hybridized carbons (Fsp3) is 0. The second-order valence-electron chi connectivity index (χ2n) is 11.8. The highest BCUT2D eigenvalue weighted by atomic mass is 14.9. The van der Waals surface area contributed by atoms with Crippen LogP contribution in [0.2, 0.25) is 0 Å². The first kappa shape index (κ1) is 31.2. The summed E-state index contributed by atoms with van der Waals surface area (Å²) in [5.41, 5.74) is 10.6. The zero-order valence-electron chi connectivity index (χ0n) is 27.3. The number of aromatic nitrogens is 4. The van der Waals surface area contributed by atoms with E-state index in [9.17, 15) is 10.5 Å². The first-order valence-electron chi connectivity index (χ1n) is 16.2. The van der Waals surface area contributed by atoms with E-state index in [0.717, 1.165) is 11.1 Å². The second kappa shape index (κ2) is 13.1. The molecule has 238 valence electrons. The van der Waals surface area contributed by atoms with E-state index in [1.165, 1.54) is 0 Å². The molecule has 8 nitrogen and oxygen atoms in total. The second-order valence-corrected chi connectivity index (χ2v) is 11.8. The molecule has 0 fully saturated rings. The average molecular weight is 663 g/mol. The fourth-order valence-corrected chi connectivity index (χ4v) is 6.34. The van der Waals surface area contributed by atoms with Gasteiger partial charge in [-0.05, 0) is 47.5 Å². The van der Waals surface area contributed by atoms with Gasteiger partial charge in [0.1, 0.15) is 0 Å². The van der Waals surface area contributed by atoms with Crippen LogP contribution in [0.1, 0.15) is 11.1 Å². The summed E-state index contributed by atoms with van der Waals surface area (Å²) < 4.78 is 0. The lowest BCUT2D eigenvalue weighted by Gasteiger charge is -2.14. The number of fused-ring (bicyclic) bond motifs is 2. The number of rotatable bonds is 5. The van der Waals surface area contributed by atoms with E-state index in [1.54, 1.807) is 36.4 Å². The molecule has 8 heteroatoms.